The van der Waals surface area contributed by atoms with Crippen molar-refractivity contribution in [1.82, 2.24) is 9.80 Å². The average Bonchev–Trinajstić information content (AvgIpc) is 2.28. The van der Waals surface area contributed by atoms with Crippen LogP contribution in [0, 0.1) is 0 Å². The molecule has 1 heterocycles. The highest BCUT2D eigenvalue weighted by Crippen LogP contribution is 2.06. The molecule has 0 spiro atoms. The van der Waals surface area contributed by atoms with E-state index >= 15 is 0 Å². The highest BCUT2D eigenvalue weighted by molar-refractivity contribution is 5.14. The Kier molecular flexibility index (Phi) is 3.75. The molecule has 0 N–H and O–H groups in total. The van der Waals surface area contributed by atoms with E-state index in [1.165, 1.54) is 38.0 Å². The standard InChI is InChI=1S/C13H20N2/c1-14-9-5-10-15(12-14)11-8-13-6-3-2-4-7-13/h2-4,6-7H,5,8-12H2,1H3. The molecule has 1 fully saturated rings. The summed E-state index contributed by atoms with van der Waals surface area (Å²) in [4.78, 5) is 4.94. The van der Waals surface area contributed by atoms with E-state index in [0.29, 0.717) is 0 Å². The van der Waals surface area contributed by atoms with Crippen molar-refractivity contribution in [3.63, 3.8) is 0 Å². The molecule has 1 aromatic carbocycles. The van der Waals surface area contributed by atoms with Crippen molar-refractivity contribution in [2.45, 2.75) is 12.8 Å². The number of hydrogen-bond acceptors (Lipinski definition) is 2. The Balaban J connectivity index is 1.78. The van der Waals surface area contributed by atoms with Gasteiger partial charge in [-0.15, -0.1) is 0 Å². The second-order valence-corrected chi connectivity index (χ2v) is 4.43. The van der Waals surface area contributed by atoms with Crippen LogP contribution in [0.25, 0.3) is 0 Å². The van der Waals surface area contributed by atoms with Gasteiger partial charge in [-0.1, -0.05) is 30.3 Å². The van der Waals surface area contributed by atoms with E-state index in [2.05, 4.69) is 47.2 Å². The summed E-state index contributed by atoms with van der Waals surface area (Å²) in [5.41, 5.74) is 1.45. The molecule has 0 radical (unpaired) electrons. The Morgan fingerprint density at radius 2 is 1.93 bits per heavy atom. The largest absolute Gasteiger partial charge is 0.293 e. The maximum Gasteiger partial charge on any atom is 0.0503 e. The fourth-order valence-corrected chi connectivity index (χ4v) is 2.16. The van der Waals surface area contributed by atoms with Gasteiger partial charge in [-0.25, -0.2) is 0 Å². The van der Waals surface area contributed by atoms with Gasteiger partial charge in [0, 0.05) is 19.6 Å². The van der Waals surface area contributed by atoms with Crippen LogP contribution in [0.5, 0.6) is 0 Å². The molecule has 1 aliphatic heterocycles. The second-order valence-electron chi connectivity index (χ2n) is 4.43. The minimum Gasteiger partial charge on any atom is -0.293 e. The minimum absolute atomic E-state index is 1.13. The normalized spacial score (nSPS) is 19.3. The third-order valence-electron chi connectivity index (χ3n) is 3.02. The molecule has 0 saturated carbocycles. The zero-order valence-electron chi connectivity index (χ0n) is 9.52. The van der Waals surface area contributed by atoms with Crippen LogP contribution in [0.2, 0.25) is 0 Å². The molecule has 0 atom stereocenters. The molecule has 1 saturated heterocycles. The van der Waals surface area contributed by atoms with Crippen molar-refractivity contribution < 1.29 is 0 Å². The molecule has 0 amide bonds. The lowest BCUT2D eigenvalue weighted by atomic mass is 10.1. The minimum atomic E-state index is 1.13. The van der Waals surface area contributed by atoms with E-state index in [-0.39, 0.29) is 0 Å². The molecular weight excluding hydrogens is 184 g/mol. The summed E-state index contributed by atoms with van der Waals surface area (Å²) in [7, 11) is 2.20. The first-order chi connectivity index (χ1) is 7.34. The fraction of sp³-hybridized carbons (Fsp3) is 0.538. The number of nitrogens with zero attached hydrogens (tertiary/aromatic N) is 2. The van der Waals surface area contributed by atoms with Gasteiger partial charge in [0.15, 0.2) is 0 Å². The molecule has 2 nitrogen and oxygen atoms in total. The van der Waals surface area contributed by atoms with Crippen LogP contribution in [-0.2, 0) is 6.42 Å². The van der Waals surface area contributed by atoms with Gasteiger partial charge in [0.1, 0.15) is 0 Å². The van der Waals surface area contributed by atoms with Gasteiger partial charge in [-0.05, 0) is 25.5 Å². The van der Waals surface area contributed by atoms with Crippen LogP contribution < -0.4 is 0 Å². The van der Waals surface area contributed by atoms with Gasteiger partial charge in [-0.3, -0.25) is 9.80 Å². The first kappa shape index (κ1) is 10.7. The lowest BCUT2D eigenvalue weighted by Crippen LogP contribution is -2.43. The zero-order chi connectivity index (χ0) is 10.5. The Morgan fingerprint density at radius 3 is 2.67 bits per heavy atom. The van der Waals surface area contributed by atoms with Crippen molar-refractivity contribution in [3.8, 4) is 0 Å². The van der Waals surface area contributed by atoms with Crippen LogP contribution in [-0.4, -0.2) is 43.2 Å². The topological polar surface area (TPSA) is 6.48 Å². The Hall–Kier alpha value is -0.860. The number of hydrogen-bond donors (Lipinski definition) is 0. The van der Waals surface area contributed by atoms with Crippen LogP contribution in [0.15, 0.2) is 30.3 Å². The smallest absolute Gasteiger partial charge is 0.0503 e. The monoisotopic (exact) mass is 204 g/mol. The lowest BCUT2D eigenvalue weighted by molar-refractivity contribution is 0.109. The highest BCUT2D eigenvalue weighted by Gasteiger charge is 2.13. The van der Waals surface area contributed by atoms with Crippen molar-refractivity contribution in [2.24, 2.45) is 0 Å². The van der Waals surface area contributed by atoms with Crippen LogP contribution in [0.1, 0.15) is 12.0 Å². The Labute approximate surface area is 92.5 Å². The first-order valence-electron chi connectivity index (χ1n) is 5.79. The summed E-state index contributed by atoms with van der Waals surface area (Å²) in [6, 6.07) is 10.8. The molecule has 1 aromatic rings. The molecule has 0 aliphatic carbocycles. The molecule has 0 unspecified atom stereocenters. The molecule has 15 heavy (non-hydrogen) atoms. The molecule has 2 rings (SSSR count). The summed E-state index contributed by atoms with van der Waals surface area (Å²) in [6.45, 7) is 4.83. The Morgan fingerprint density at radius 1 is 1.13 bits per heavy atom. The van der Waals surface area contributed by atoms with Gasteiger partial charge >= 0.3 is 0 Å². The summed E-state index contributed by atoms with van der Waals surface area (Å²) < 4.78 is 0. The van der Waals surface area contributed by atoms with Gasteiger partial charge in [-0.2, -0.15) is 0 Å². The maximum absolute atomic E-state index is 2.54. The van der Waals surface area contributed by atoms with E-state index in [1.54, 1.807) is 0 Å². The van der Waals surface area contributed by atoms with Gasteiger partial charge in [0.2, 0.25) is 0 Å². The molecule has 1 aliphatic rings. The first-order valence-corrected chi connectivity index (χ1v) is 5.79. The predicted octanol–water partition coefficient (Wildman–Crippen LogP) is 1.82. The van der Waals surface area contributed by atoms with Crippen molar-refractivity contribution >= 4 is 0 Å². The summed E-state index contributed by atoms with van der Waals surface area (Å²) in [5, 5.41) is 0. The number of benzene rings is 1. The zero-order valence-corrected chi connectivity index (χ0v) is 9.52. The van der Waals surface area contributed by atoms with E-state index in [1.807, 2.05) is 0 Å². The summed E-state index contributed by atoms with van der Waals surface area (Å²) >= 11 is 0. The molecule has 0 bridgehead atoms. The third kappa shape index (κ3) is 3.33. The average molecular weight is 204 g/mol. The SMILES string of the molecule is CN1CCCN(CCc2ccccc2)C1. The van der Waals surface area contributed by atoms with E-state index in [0.717, 1.165) is 6.67 Å². The van der Waals surface area contributed by atoms with Gasteiger partial charge in [0.25, 0.3) is 0 Å². The summed E-state index contributed by atoms with van der Waals surface area (Å²) in [5.74, 6) is 0. The fourth-order valence-electron chi connectivity index (χ4n) is 2.16. The maximum atomic E-state index is 2.54. The van der Waals surface area contributed by atoms with E-state index < -0.39 is 0 Å². The molecule has 0 aromatic heterocycles. The predicted molar refractivity (Wildman–Crippen MR) is 63.8 cm³/mol. The second kappa shape index (κ2) is 5.29. The summed E-state index contributed by atoms with van der Waals surface area (Å²) in [6.07, 6.45) is 2.49. The Bertz CT molecular complexity index is 284. The van der Waals surface area contributed by atoms with Crippen molar-refractivity contribution in [3.05, 3.63) is 35.9 Å². The van der Waals surface area contributed by atoms with E-state index in [9.17, 15) is 0 Å². The molecular formula is C13H20N2. The molecule has 2 heteroatoms. The lowest BCUT2D eigenvalue weighted by Gasteiger charge is -2.33. The van der Waals surface area contributed by atoms with Gasteiger partial charge < -0.3 is 0 Å². The van der Waals surface area contributed by atoms with Crippen LogP contribution in [0.4, 0.5) is 0 Å². The van der Waals surface area contributed by atoms with Crippen LogP contribution in [0.3, 0.4) is 0 Å². The van der Waals surface area contributed by atoms with Crippen LogP contribution >= 0.6 is 0 Å². The number of rotatable bonds is 3. The van der Waals surface area contributed by atoms with Gasteiger partial charge in [0.05, 0.1) is 6.67 Å². The third-order valence-corrected chi connectivity index (χ3v) is 3.02. The molecule has 82 valence electrons. The van der Waals surface area contributed by atoms with Crippen molar-refractivity contribution in [2.75, 3.05) is 33.4 Å². The quantitative estimate of drug-likeness (QED) is 0.741. The van der Waals surface area contributed by atoms with E-state index in [4.69, 9.17) is 0 Å². The highest BCUT2D eigenvalue weighted by atomic mass is 15.3. The van der Waals surface area contributed by atoms with Crippen molar-refractivity contribution in [1.29, 1.82) is 0 Å².